The van der Waals surface area contributed by atoms with Gasteiger partial charge in [-0.2, -0.15) is 0 Å². The Morgan fingerprint density at radius 2 is 0.901 bits per heavy atom. The van der Waals surface area contributed by atoms with Crippen LogP contribution < -0.4 is 0 Å². The Morgan fingerprint density at radius 1 is 0.563 bits per heavy atom. The summed E-state index contributed by atoms with van der Waals surface area (Å²) in [6.07, 6.45) is 8.44. The van der Waals surface area contributed by atoms with E-state index in [2.05, 4.69) is 12.1 Å². The number of fused-ring (bicyclic) bond motifs is 1. The van der Waals surface area contributed by atoms with E-state index in [4.69, 9.17) is 43.9 Å². The standard InChI is InChI=1S/C20H28BNO5.2C16H21NO5/c1-3-15(2)21-22(12-19(23)26-21,13-20(24)27-21)17-10-7-11-18(17)25-14-16-8-5-4-6-9-16;2*18-15(19)9-17(10-16(20)21)13-7-4-8-14(13)22-11-12-5-2-1-3-6-12/h4-6,8-9,15,17-18H,3,7,10-14H2,1-2H3;2*1-3,5-6,13-14H,4,7-11H2,(H,18,19)(H,20,21)/t15-,17-,18-,21?,22?;2*13-,14-/m000/s1. The number of carboxylic acids is 4. The largest absolute Gasteiger partial charge is 0.600 e. The van der Waals surface area contributed by atoms with Crippen LogP contribution in [0, 0.1) is 0 Å². The Kier molecular flexibility index (Phi) is 20.1. The molecule has 71 heavy (non-hydrogen) atoms. The molecule has 3 aromatic rings. The number of aliphatic carboxylic acids is 4. The van der Waals surface area contributed by atoms with Crippen LogP contribution in [0.5, 0.6) is 0 Å². The maximum atomic E-state index is 12.4. The second kappa shape index (κ2) is 26.1. The fourth-order valence-corrected chi connectivity index (χ4v) is 11.3. The van der Waals surface area contributed by atoms with Crippen LogP contribution in [-0.4, -0.2) is 153 Å². The Bertz CT molecular complexity index is 2080. The molecular formula is C52H70BN3O15. The first-order valence-electron chi connectivity index (χ1n) is 24.9. The van der Waals surface area contributed by atoms with E-state index in [1.54, 1.807) is 0 Å². The molecule has 0 radical (unpaired) electrons. The zero-order valence-corrected chi connectivity index (χ0v) is 40.8. The third-order valence-corrected chi connectivity index (χ3v) is 14.7. The zero-order chi connectivity index (χ0) is 51.0. The molecule has 19 heteroatoms. The lowest BCUT2D eigenvalue weighted by Crippen LogP contribution is -2.70. The van der Waals surface area contributed by atoms with Crippen LogP contribution in [0.2, 0.25) is 5.82 Å². The average molecular weight is 988 g/mol. The minimum absolute atomic E-state index is 0.000452. The van der Waals surface area contributed by atoms with Gasteiger partial charge in [-0.15, -0.1) is 0 Å². The second-order valence-electron chi connectivity index (χ2n) is 19.4. The Morgan fingerprint density at radius 3 is 1.25 bits per heavy atom. The number of rotatable bonds is 22. The molecule has 0 spiro atoms. The van der Waals surface area contributed by atoms with E-state index in [1.165, 1.54) is 9.80 Å². The zero-order valence-electron chi connectivity index (χ0n) is 40.8. The van der Waals surface area contributed by atoms with E-state index in [9.17, 15) is 28.8 Å². The number of hydrogen-bond acceptors (Lipinski definition) is 13. The number of ether oxygens (including phenoxy) is 3. The van der Waals surface area contributed by atoms with Crippen molar-refractivity contribution in [3.63, 3.8) is 0 Å². The average Bonchev–Trinajstić information content (AvgIpc) is 4.19. The van der Waals surface area contributed by atoms with E-state index in [-0.39, 0.29) is 93.5 Å². The maximum absolute atomic E-state index is 12.4. The van der Waals surface area contributed by atoms with Crippen molar-refractivity contribution >= 4 is 42.5 Å². The van der Waals surface area contributed by atoms with Gasteiger partial charge in [-0.1, -0.05) is 111 Å². The summed E-state index contributed by atoms with van der Waals surface area (Å²) >= 11 is 0. The normalized spacial score (nSPS) is 26.9. The summed E-state index contributed by atoms with van der Waals surface area (Å²) in [6, 6.07) is 29.3. The van der Waals surface area contributed by atoms with Crippen LogP contribution in [0.3, 0.4) is 0 Å². The highest BCUT2D eigenvalue weighted by Crippen LogP contribution is 2.50. The number of carboxylic acid groups (broad SMARTS) is 4. The molecule has 0 amide bonds. The van der Waals surface area contributed by atoms with Gasteiger partial charge < -0.3 is 48.3 Å². The first-order chi connectivity index (χ1) is 34.1. The van der Waals surface area contributed by atoms with Crippen LogP contribution in [0.4, 0.5) is 0 Å². The lowest BCUT2D eigenvalue weighted by Gasteiger charge is -2.51. The van der Waals surface area contributed by atoms with E-state index in [0.29, 0.717) is 24.2 Å². The SMILES string of the molecule is CC[C@H](C)[B-]12OC(=O)C[N+]1([C@H]1CCC[C@@H]1OCc1ccccc1)CC(=O)O2.O=C(O)CN(CC(=O)O)[C@H]1CCC[C@@H]1OCc1ccccc1.O=C(O)CN(CC(=O)O)[C@H]1CCC[C@@H]1OCc1ccccc1. The van der Waals surface area contributed by atoms with E-state index < -0.39 is 30.6 Å². The number of carbonyl (C=O) groups is 6. The fraction of sp³-hybridized carbons (Fsp3) is 0.538. The monoisotopic (exact) mass is 987 g/mol. The highest BCUT2D eigenvalue weighted by molar-refractivity contribution is 6.67. The molecule has 0 unspecified atom stereocenters. The van der Waals surface area contributed by atoms with Crippen molar-refractivity contribution in [1.82, 2.24) is 9.80 Å². The number of quaternary nitrogens is 1. The lowest BCUT2D eigenvalue weighted by atomic mass is 9.54. The topological polar surface area (TPSA) is 236 Å². The van der Waals surface area contributed by atoms with Gasteiger partial charge in [0.2, 0.25) is 0 Å². The first-order valence-corrected chi connectivity index (χ1v) is 24.9. The molecule has 8 rings (SSSR count). The summed E-state index contributed by atoms with van der Waals surface area (Å²) < 4.78 is 30.1. The molecule has 0 aromatic heterocycles. The van der Waals surface area contributed by atoms with Gasteiger partial charge in [0.1, 0.15) is 19.2 Å². The van der Waals surface area contributed by atoms with Gasteiger partial charge >= 0.3 is 42.5 Å². The molecule has 2 saturated heterocycles. The first kappa shape index (κ1) is 54.6. The molecule has 3 saturated carbocycles. The number of nitrogens with zero attached hydrogens (tertiary/aromatic N) is 3. The van der Waals surface area contributed by atoms with Crippen molar-refractivity contribution in [2.24, 2.45) is 0 Å². The van der Waals surface area contributed by atoms with Gasteiger partial charge in [0.15, 0.2) is 0 Å². The van der Waals surface area contributed by atoms with Gasteiger partial charge in [-0.05, 0) is 80.3 Å². The van der Waals surface area contributed by atoms with Crippen molar-refractivity contribution in [3.8, 4) is 0 Å². The van der Waals surface area contributed by atoms with Gasteiger partial charge in [0.05, 0.1) is 64.2 Å². The molecule has 3 aliphatic carbocycles. The third-order valence-electron chi connectivity index (χ3n) is 14.7. The summed E-state index contributed by atoms with van der Waals surface area (Å²) in [6.45, 7) is 2.83. The molecule has 5 fully saturated rings. The van der Waals surface area contributed by atoms with E-state index >= 15 is 0 Å². The van der Waals surface area contributed by atoms with E-state index in [0.717, 1.165) is 80.9 Å². The summed E-state index contributed by atoms with van der Waals surface area (Å²) in [5, 5.41) is 35.9. The molecule has 2 aliphatic heterocycles. The molecule has 7 atom stereocenters. The predicted octanol–water partition coefficient (Wildman–Crippen LogP) is 5.98. The smallest absolute Gasteiger partial charge is 0.587 e. The highest BCUT2D eigenvalue weighted by Gasteiger charge is 2.72. The van der Waals surface area contributed by atoms with Gasteiger partial charge in [-0.25, -0.2) is 0 Å². The summed E-state index contributed by atoms with van der Waals surface area (Å²) in [5.74, 6) is -4.58. The van der Waals surface area contributed by atoms with Crippen LogP contribution >= 0.6 is 0 Å². The molecule has 5 aliphatic rings. The highest BCUT2D eigenvalue weighted by atomic mass is 16.7. The van der Waals surface area contributed by atoms with Gasteiger partial charge in [-0.3, -0.25) is 38.6 Å². The second-order valence-corrected chi connectivity index (χ2v) is 19.4. The Balaban J connectivity index is 0.000000176. The quantitative estimate of drug-likeness (QED) is 0.0847. The molecule has 386 valence electrons. The molecule has 3 aromatic carbocycles. The molecule has 2 heterocycles. The van der Waals surface area contributed by atoms with Crippen LogP contribution in [0.15, 0.2) is 91.0 Å². The number of benzene rings is 3. The van der Waals surface area contributed by atoms with Crippen molar-refractivity contribution < 1.29 is 77.1 Å². The Labute approximate surface area is 415 Å². The minimum Gasteiger partial charge on any atom is -0.600 e. The minimum atomic E-state index is -2.02. The molecular weight excluding hydrogens is 917 g/mol. The van der Waals surface area contributed by atoms with Crippen molar-refractivity contribution in [2.75, 3.05) is 39.3 Å². The third kappa shape index (κ3) is 14.7. The molecule has 4 N–H and O–H groups in total. The predicted molar refractivity (Wildman–Crippen MR) is 259 cm³/mol. The Hall–Kier alpha value is -5.70. The number of carbonyl (C=O) groups excluding carboxylic acids is 2. The van der Waals surface area contributed by atoms with Crippen LogP contribution in [0.1, 0.15) is 94.7 Å². The van der Waals surface area contributed by atoms with Gasteiger partial charge in [0.25, 0.3) is 0 Å². The summed E-state index contributed by atoms with van der Waals surface area (Å²) in [7, 11) is 0. The maximum Gasteiger partial charge on any atom is 0.587 e. The summed E-state index contributed by atoms with van der Waals surface area (Å²) in [4.78, 5) is 71.6. The fourth-order valence-electron chi connectivity index (χ4n) is 11.3. The van der Waals surface area contributed by atoms with Crippen molar-refractivity contribution in [1.29, 1.82) is 0 Å². The van der Waals surface area contributed by atoms with Crippen LogP contribution in [-0.2, 0) is 72.1 Å². The summed E-state index contributed by atoms with van der Waals surface area (Å²) in [5.41, 5.74) is 3.23. The van der Waals surface area contributed by atoms with Crippen LogP contribution in [0.25, 0.3) is 0 Å². The van der Waals surface area contributed by atoms with Gasteiger partial charge in [0, 0.05) is 12.1 Å². The number of hydrogen-bond donors (Lipinski definition) is 4. The van der Waals surface area contributed by atoms with Crippen molar-refractivity contribution in [2.45, 2.75) is 140 Å². The lowest BCUT2D eigenvalue weighted by molar-refractivity contribution is -0.846. The van der Waals surface area contributed by atoms with E-state index in [1.807, 2.05) is 92.7 Å². The molecule has 0 bridgehead atoms. The molecule has 18 nitrogen and oxygen atoms in total. The van der Waals surface area contributed by atoms with Crippen molar-refractivity contribution in [3.05, 3.63) is 108 Å².